The first-order valence-electron chi connectivity index (χ1n) is 10.2. The molecule has 0 saturated carbocycles. The molecule has 0 amide bonds. The van der Waals surface area contributed by atoms with Gasteiger partial charge in [0.25, 0.3) is 5.56 Å². The van der Waals surface area contributed by atoms with E-state index in [2.05, 4.69) is 24.5 Å². The molecule has 1 N–H and O–H groups in total. The van der Waals surface area contributed by atoms with E-state index >= 15 is 0 Å². The molecule has 0 aliphatic rings. The Hall–Kier alpha value is -3.47. The predicted molar refractivity (Wildman–Crippen MR) is 120 cm³/mol. The van der Waals surface area contributed by atoms with Crippen LogP contribution in [0, 0.1) is 5.82 Å². The number of hydrogen-bond acceptors (Lipinski definition) is 3. The Morgan fingerprint density at radius 2 is 1.63 bits per heavy atom. The molecule has 0 radical (unpaired) electrons. The van der Waals surface area contributed by atoms with Crippen LogP contribution >= 0.6 is 0 Å². The van der Waals surface area contributed by atoms with Gasteiger partial charge < -0.3 is 5.43 Å². The van der Waals surface area contributed by atoms with Crippen LogP contribution in [0.3, 0.4) is 0 Å². The zero-order chi connectivity index (χ0) is 20.9. The third kappa shape index (κ3) is 4.25. The first-order chi connectivity index (χ1) is 14.7. The maximum atomic E-state index is 13.2. The van der Waals surface area contributed by atoms with Gasteiger partial charge in [0, 0.05) is 5.56 Å². The molecule has 5 heteroatoms. The summed E-state index contributed by atoms with van der Waals surface area (Å²) in [5.41, 5.74) is 6.69. The minimum Gasteiger partial charge on any atom is -0.317 e. The Morgan fingerprint density at radius 3 is 2.37 bits per heavy atom. The average Bonchev–Trinajstić information content (AvgIpc) is 2.78. The minimum atomic E-state index is -0.285. The number of nitrogens with one attached hydrogen (secondary N) is 1. The summed E-state index contributed by atoms with van der Waals surface area (Å²) in [6, 6.07) is 21.8. The third-order valence-corrected chi connectivity index (χ3v) is 5.16. The summed E-state index contributed by atoms with van der Waals surface area (Å²) >= 11 is 0. The van der Waals surface area contributed by atoms with Crippen molar-refractivity contribution in [1.82, 2.24) is 9.66 Å². The maximum Gasteiger partial charge on any atom is 0.280 e. The third-order valence-electron chi connectivity index (χ3n) is 5.16. The van der Waals surface area contributed by atoms with Crippen molar-refractivity contribution >= 4 is 10.9 Å². The minimum absolute atomic E-state index is 0.159. The average molecular weight is 401 g/mol. The zero-order valence-corrected chi connectivity index (χ0v) is 16.9. The molecule has 1 heterocycles. The van der Waals surface area contributed by atoms with E-state index in [9.17, 15) is 9.18 Å². The van der Waals surface area contributed by atoms with E-state index in [1.807, 2.05) is 30.3 Å². The molecular formula is C25H24FN3O. The molecule has 0 bridgehead atoms. The van der Waals surface area contributed by atoms with Crippen molar-refractivity contribution in [3.63, 3.8) is 0 Å². The van der Waals surface area contributed by atoms with Crippen molar-refractivity contribution in [3.05, 3.63) is 100 Å². The Bertz CT molecular complexity index is 1200. The highest BCUT2D eigenvalue weighted by Crippen LogP contribution is 2.20. The predicted octanol–water partition coefficient (Wildman–Crippen LogP) is 5.29. The van der Waals surface area contributed by atoms with Gasteiger partial charge in [0.15, 0.2) is 5.82 Å². The van der Waals surface area contributed by atoms with Gasteiger partial charge in [-0.3, -0.25) is 4.79 Å². The number of halogens is 1. The largest absolute Gasteiger partial charge is 0.317 e. The fraction of sp³-hybridized carbons (Fsp3) is 0.200. The standard InChI is InChI=1S/C25H24FN3O/c1-2-3-6-18-9-13-20(14-10-18)24-28-23-8-5-4-7-22(23)25(30)29(24)27-17-19-11-15-21(26)16-12-19/h4-5,7-16,27H,2-3,6,17H2,1H3. The van der Waals surface area contributed by atoms with Crippen LogP contribution in [0.1, 0.15) is 30.9 Å². The number of rotatable bonds is 7. The highest BCUT2D eigenvalue weighted by Gasteiger charge is 2.13. The smallest absolute Gasteiger partial charge is 0.280 e. The summed E-state index contributed by atoms with van der Waals surface area (Å²) in [6.45, 7) is 2.56. The number of nitrogens with zero attached hydrogens (tertiary/aromatic N) is 2. The van der Waals surface area contributed by atoms with Gasteiger partial charge in [0.1, 0.15) is 5.82 Å². The van der Waals surface area contributed by atoms with Crippen LogP contribution in [0.15, 0.2) is 77.6 Å². The number of benzene rings is 3. The summed E-state index contributed by atoms with van der Waals surface area (Å²) in [4.78, 5) is 18.0. The molecule has 0 aliphatic carbocycles. The van der Waals surface area contributed by atoms with E-state index in [1.165, 1.54) is 22.4 Å². The van der Waals surface area contributed by atoms with Crippen LogP contribution in [0.25, 0.3) is 22.3 Å². The number of unbranched alkanes of at least 4 members (excludes halogenated alkanes) is 1. The molecule has 4 rings (SSSR count). The quantitative estimate of drug-likeness (QED) is 0.458. The second kappa shape index (κ2) is 8.91. The van der Waals surface area contributed by atoms with Crippen LogP contribution in [-0.4, -0.2) is 9.66 Å². The topological polar surface area (TPSA) is 46.9 Å². The number of aryl methyl sites for hydroxylation is 1. The highest BCUT2D eigenvalue weighted by molar-refractivity contribution is 5.79. The summed E-state index contributed by atoms with van der Waals surface area (Å²) in [5.74, 6) is 0.273. The molecule has 4 nitrogen and oxygen atoms in total. The molecule has 4 aromatic rings. The number of aromatic nitrogens is 2. The van der Waals surface area contributed by atoms with Crippen molar-refractivity contribution in [2.24, 2.45) is 0 Å². The van der Waals surface area contributed by atoms with Crippen LogP contribution in [0.5, 0.6) is 0 Å². The van der Waals surface area contributed by atoms with Gasteiger partial charge in [-0.15, -0.1) is 0 Å². The summed E-state index contributed by atoms with van der Waals surface area (Å²) < 4.78 is 14.7. The molecule has 0 aliphatic heterocycles. The fourth-order valence-electron chi connectivity index (χ4n) is 3.45. The van der Waals surface area contributed by atoms with Gasteiger partial charge in [-0.05, 0) is 48.2 Å². The van der Waals surface area contributed by atoms with Crippen LogP contribution < -0.4 is 11.0 Å². The molecule has 0 spiro atoms. The fourth-order valence-corrected chi connectivity index (χ4v) is 3.45. The van der Waals surface area contributed by atoms with Gasteiger partial charge in [-0.25, -0.2) is 14.1 Å². The van der Waals surface area contributed by atoms with Crippen molar-refractivity contribution in [3.8, 4) is 11.4 Å². The monoisotopic (exact) mass is 401 g/mol. The van der Waals surface area contributed by atoms with Gasteiger partial charge in [-0.2, -0.15) is 0 Å². The molecule has 0 unspecified atom stereocenters. The molecule has 0 fully saturated rings. The molecule has 1 aromatic heterocycles. The lowest BCUT2D eigenvalue weighted by Crippen LogP contribution is -2.31. The van der Waals surface area contributed by atoms with E-state index in [1.54, 1.807) is 18.2 Å². The van der Waals surface area contributed by atoms with Crippen LogP contribution in [0.4, 0.5) is 4.39 Å². The van der Waals surface area contributed by atoms with Crippen LogP contribution in [0.2, 0.25) is 0 Å². The molecule has 3 aromatic carbocycles. The highest BCUT2D eigenvalue weighted by atomic mass is 19.1. The normalized spacial score (nSPS) is 11.0. The summed E-state index contributed by atoms with van der Waals surface area (Å²) in [7, 11) is 0. The van der Waals surface area contributed by atoms with E-state index in [0.717, 1.165) is 30.4 Å². The lowest BCUT2D eigenvalue weighted by molar-refractivity contribution is 0.627. The number of fused-ring (bicyclic) bond motifs is 1. The Labute approximate surface area is 175 Å². The SMILES string of the molecule is CCCCc1ccc(-c2nc3ccccc3c(=O)n2NCc2ccc(F)cc2)cc1. The molecule has 0 saturated heterocycles. The lowest BCUT2D eigenvalue weighted by Gasteiger charge is -2.16. The van der Waals surface area contributed by atoms with Crippen molar-refractivity contribution in [1.29, 1.82) is 0 Å². The molecular weight excluding hydrogens is 377 g/mol. The first-order valence-corrected chi connectivity index (χ1v) is 10.2. The molecule has 152 valence electrons. The Kier molecular flexibility index (Phi) is 5.89. The zero-order valence-electron chi connectivity index (χ0n) is 16.9. The molecule has 0 atom stereocenters. The van der Waals surface area contributed by atoms with Gasteiger partial charge in [-0.1, -0.05) is 61.9 Å². The molecule has 30 heavy (non-hydrogen) atoms. The Balaban J connectivity index is 1.74. The van der Waals surface area contributed by atoms with E-state index in [4.69, 9.17) is 4.98 Å². The van der Waals surface area contributed by atoms with E-state index in [-0.39, 0.29) is 11.4 Å². The van der Waals surface area contributed by atoms with Crippen molar-refractivity contribution in [2.45, 2.75) is 32.7 Å². The second-order valence-electron chi connectivity index (χ2n) is 7.35. The van der Waals surface area contributed by atoms with Gasteiger partial charge in [0.2, 0.25) is 0 Å². The number of hydrogen-bond donors (Lipinski definition) is 1. The Morgan fingerprint density at radius 1 is 0.933 bits per heavy atom. The van der Waals surface area contributed by atoms with Crippen molar-refractivity contribution in [2.75, 3.05) is 5.43 Å². The van der Waals surface area contributed by atoms with E-state index < -0.39 is 0 Å². The lowest BCUT2D eigenvalue weighted by atomic mass is 10.1. The van der Waals surface area contributed by atoms with Gasteiger partial charge in [0.05, 0.1) is 17.4 Å². The summed E-state index contributed by atoms with van der Waals surface area (Å²) in [5, 5.41) is 0.549. The second-order valence-corrected chi connectivity index (χ2v) is 7.35. The van der Waals surface area contributed by atoms with E-state index in [0.29, 0.717) is 23.3 Å². The first kappa shape index (κ1) is 19.8. The van der Waals surface area contributed by atoms with Crippen molar-refractivity contribution < 1.29 is 4.39 Å². The summed E-state index contributed by atoms with van der Waals surface area (Å²) in [6.07, 6.45) is 3.34. The number of para-hydroxylation sites is 1. The maximum absolute atomic E-state index is 13.2. The van der Waals surface area contributed by atoms with Crippen LogP contribution in [-0.2, 0) is 13.0 Å². The van der Waals surface area contributed by atoms with Gasteiger partial charge >= 0.3 is 0 Å².